The van der Waals surface area contributed by atoms with E-state index < -0.39 is 0 Å². The van der Waals surface area contributed by atoms with E-state index in [4.69, 9.17) is 0 Å². The highest BCUT2D eigenvalue weighted by Gasteiger charge is 2.10. The third kappa shape index (κ3) is 2.25. The van der Waals surface area contributed by atoms with Crippen LogP contribution in [0.5, 0.6) is 0 Å². The molecule has 0 radical (unpaired) electrons. The number of imidazole rings is 1. The highest BCUT2D eigenvalue weighted by atomic mass is 15.2. The van der Waals surface area contributed by atoms with Crippen LogP contribution in [0.4, 0.5) is 11.6 Å². The first-order valence-electron chi connectivity index (χ1n) is 6.80. The smallest absolute Gasteiger partial charge is 0.207 e. The number of rotatable bonds is 3. The van der Waals surface area contributed by atoms with Gasteiger partial charge in [0.25, 0.3) is 0 Å². The van der Waals surface area contributed by atoms with Crippen molar-refractivity contribution in [3.8, 4) is 0 Å². The molecule has 0 atom stereocenters. The van der Waals surface area contributed by atoms with Gasteiger partial charge in [-0.05, 0) is 38.3 Å². The van der Waals surface area contributed by atoms with E-state index in [-0.39, 0.29) is 0 Å². The van der Waals surface area contributed by atoms with Gasteiger partial charge in [0.2, 0.25) is 5.95 Å². The second kappa shape index (κ2) is 4.96. The van der Waals surface area contributed by atoms with Crippen LogP contribution in [0.25, 0.3) is 10.8 Å². The van der Waals surface area contributed by atoms with Crippen LogP contribution in [0, 0.1) is 6.92 Å². The van der Waals surface area contributed by atoms with Gasteiger partial charge >= 0.3 is 0 Å². The minimum atomic E-state index is 0.367. The van der Waals surface area contributed by atoms with Crippen molar-refractivity contribution in [1.82, 2.24) is 14.5 Å². The molecule has 0 aliphatic heterocycles. The van der Waals surface area contributed by atoms with Crippen LogP contribution >= 0.6 is 0 Å². The highest BCUT2D eigenvalue weighted by molar-refractivity contribution is 5.94. The standard InChI is InChI=1S/C16H18N4/c1-11(2)20-10-12(3)18-16(20)19-15-6-4-5-13-7-8-17-9-14(13)15/h4-11H,1-3H3,(H,18,19). The van der Waals surface area contributed by atoms with Crippen LogP contribution in [-0.4, -0.2) is 14.5 Å². The Labute approximate surface area is 118 Å². The lowest BCUT2D eigenvalue weighted by Gasteiger charge is -2.13. The summed E-state index contributed by atoms with van der Waals surface area (Å²) < 4.78 is 2.14. The molecular weight excluding hydrogens is 248 g/mol. The van der Waals surface area contributed by atoms with Gasteiger partial charge in [-0.15, -0.1) is 0 Å². The van der Waals surface area contributed by atoms with Gasteiger partial charge in [0, 0.05) is 30.0 Å². The number of benzene rings is 1. The van der Waals surface area contributed by atoms with Crippen molar-refractivity contribution >= 4 is 22.4 Å². The van der Waals surface area contributed by atoms with Gasteiger partial charge in [-0.1, -0.05) is 12.1 Å². The van der Waals surface area contributed by atoms with Crippen molar-refractivity contribution in [1.29, 1.82) is 0 Å². The lowest BCUT2D eigenvalue weighted by molar-refractivity contribution is 0.607. The fourth-order valence-electron chi connectivity index (χ4n) is 2.35. The summed E-state index contributed by atoms with van der Waals surface area (Å²) in [4.78, 5) is 8.78. The molecule has 2 heterocycles. The molecule has 0 bridgehead atoms. The van der Waals surface area contributed by atoms with E-state index in [0.29, 0.717) is 6.04 Å². The molecule has 3 rings (SSSR count). The Bertz CT molecular complexity index is 738. The quantitative estimate of drug-likeness (QED) is 0.777. The summed E-state index contributed by atoms with van der Waals surface area (Å²) >= 11 is 0. The topological polar surface area (TPSA) is 42.7 Å². The number of anilines is 2. The number of hydrogen-bond donors (Lipinski definition) is 1. The van der Waals surface area contributed by atoms with Gasteiger partial charge in [0.1, 0.15) is 0 Å². The zero-order chi connectivity index (χ0) is 14.1. The summed E-state index contributed by atoms with van der Waals surface area (Å²) in [6.45, 7) is 6.31. The molecule has 0 saturated heterocycles. The van der Waals surface area contributed by atoms with E-state index in [9.17, 15) is 0 Å². The summed E-state index contributed by atoms with van der Waals surface area (Å²) in [5, 5.41) is 5.70. The molecule has 3 aromatic rings. The fraction of sp³-hybridized carbons (Fsp3) is 0.250. The van der Waals surface area contributed by atoms with E-state index in [1.807, 2.05) is 31.5 Å². The molecule has 0 unspecified atom stereocenters. The first-order valence-corrected chi connectivity index (χ1v) is 6.80. The Hall–Kier alpha value is -2.36. The lowest BCUT2D eigenvalue weighted by Crippen LogP contribution is -2.05. The zero-order valence-corrected chi connectivity index (χ0v) is 12.0. The third-order valence-corrected chi connectivity index (χ3v) is 3.34. The summed E-state index contributed by atoms with van der Waals surface area (Å²) in [7, 11) is 0. The largest absolute Gasteiger partial charge is 0.325 e. The van der Waals surface area contributed by atoms with Crippen molar-refractivity contribution in [3.05, 3.63) is 48.5 Å². The molecule has 1 aromatic carbocycles. The predicted molar refractivity (Wildman–Crippen MR) is 82.4 cm³/mol. The van der Waals surface area contributed by atoms with Gasteiger partial charge in [0.15, 0.2) is 0 Å². The lowest BCUT2D eigenvalue weighted by atomic mass is 10.1. The van der Waals surface area contributed by atoms with Gasteiger partial charge in [0.05, 0.1) is 11.4 Å². The molecule has 0 aliphatic carbocycles. The number of fused-ring (bicyclic) bond motifs is 1. The summed E-state index contributed by atoms with van der Waals surface area (Å²) in [6.07, 6.45) is 5.76. The zero-order valence-electron chi connectivity index (χ0n) is 12.0. The normalized spacial score (nSPS) is 11.2. The van der Waals surface area contributed by atoms with E-state index in [0.717, 1.165) is 22.7 Å². The second-order valence-electron chi connectivity index (χ2n) is 5.23. The monoisotopic (exact) mass is 266 g/mol. The molecule has 0 amide bonds. The van der Waals surface area contributed by atoms with Crippen molar-refractivity contribution in [2.24, 2.45) is 0 Å². The summed E-state index contributed by atoms with van der Waals surface area (Å²) in [6, 6.07) is 8.56. The van der Waals surface area contributed by atoms with Crippen LogP contribution in [0.15, 0.2) is 42.9 Å². The second-order valence-corrected chi connectivity index (χ2v) is 5.23. The minimum Gasteiger partial charge on any atom is -0.325 e. The van der Waals surface area contributed by atoms with Crippen LogP contribution in [-0.2, 0) is 0 Å². The number of pyridine rings is 1. The van der Waals surface area contributed by atoms with Gasteiger partial charge in [-0.3, -0.25) is 4.98 Å². The maximum Gasteiger partial charge on any atom is 0.207 e. The van der Waals surface area contributed by atoms with E-state index >= 15 is 0 Å². The van der Waals surface area contributed by atoms with Crippen LogP contribution < -0.4 is 5.32 Å². The highest BCUT2D eigenvalue weighted by Crippen LogP contribution is 2.26. The molecule has 0 spiro atoms. The van der Waals surface area contributed by atoms with Crippen LogP contribution in [0.2, 0.25) is 0 Å². The molecule has 4 nitrogen and oxygen atoms in total. The maximum absolute atomic E-state index is 4.57. The van der Waals surface area contributed by atoms with Crippen molar-refractivity contribution < 1.29 is 0 Å². The maximum atomic E-state index is 4.57. The molecule has 2 aromatic heterocycles. The molecule has 102 valence electrons. The van der Waals surface area contributed by atoms with Crippen LogP contribution in [0.1, 0.15) is 25.6 Å². The predicted octanol–water partition coefficient (Wildman–Crippen LogP) is 4.06. The van der Waals surface area contributed by atoms with Crippen molar-refractivity contribution in [3.63, 3.8) is 0 Å². The number of aromatic nitrogens is 3. The van der Waals surface area contributed by atoms with Crippen LogP contribution in [0.3, 0.4) is 0 Å². The Morgan fingerprint density at radius 3 is 2.85 bits per heavy atom. The van der Waals surface area contributed by atoms with E-state index in [1.54, 1.807) is 0 Å². The Morgan fingerprint density at radius 2 is 2.05 bits per heavy atom. The molecule has 0 aliphatic rings. The Balaban J connectivity index is 2.06. The molecule has 1 N–H and O–H groups in total. The van der Waals surface area contributed by atoms with Gasteiger partial charge in [-0.25, -0.2) is 4.98 Å². The molecule has 20 heavy (non-hydrogen) atoms. The van der Waals surface area contributed by atoms with E-state index in [1.165, 1.54) is 5.39 Å². The first kappa shape index (κ1) is 12.7. The third-order valence-electron chi connectivity index (χ3n) is 3.34. The minimum absolute atomic E-state index is 0.367. The molecular formula is C16H18N4. The van der Waals surface area contributed by atoms with E-state index in [2.05, 4.69) is 52.0 Å². The fourth-order valence-corrected chi connectivity index (χ4v) is 2.35. The van der Waals surface area contributed by atoms with Gasteiger partial charge < -0.3 is 9.88 Å². The number of aryl methyl sites for hydroxylation is 1. The first-order chi connectivity index (χ1) is 9.65. The summed E-state index contributed by atoms with van der Waals surface area (Å²) in [5.74, 6) is 0.869. The molecule has 4 heteroatoms. The molecule has 0 saturated carbocycles. The van der Waals surface area contributed by atoms with Crippen molar-refractivity contribution in [2.75, 3.05) is 5.32 Å². The Morgan fingerprint density at radius 1 is 1.20 bits per heavy atom. The van der Waals surface area contributed by atoms with Crippen molar-refractivity contribution in [2.45, 2.75) is 26.8 Å². The molecule has 0 fully saturated rings. The average Bonchev–Trinajstić information content (AvgIpc) is 2.80. The summed E-state index contributed by atoms with van der Waals surface area (Å²) in [5.41, 5.74) is 2.04. The number of hydrogen-bond acceptors (Lipinski definition) is 3. The SMILES string of the molecule is Cc1cn(C(C)C)c(Nc2cccc3ccncc23)n1. The van der Waals surface area contributed by atoms with Gasteiger partial charge in [-0.2, -0.15) is 0 Å². The average molecular weight is 266 g/mol. The number of nitrogens with zero attached hydrogens (tertiary/aromatic N) is 3. The number of nitrogens with one attached hydrogen (secondary N) is 1. The Kier molecular flexibility index (Phi) is 3.14.